The number of benzene rings is 1. The van der Waals surface area contributed by atoms with Crippen molar-refractivity contribution in [3.05, 3.63) is 35.9 Å². The number of hydrogen-bond acceptors (Lipinski definition) is 5. The van der Waals surface area contributed by atoms with E-state index in [9.17, 15) is 8.42 Å². The Morgan fingerprint density at radius 1 is 1.17 bits per heavy atom. The van der Waals surface area contributed by atoms with Crippen LogP contribution in [0.3, 0.4) is 0 Å². The zero-order valence-electron chi connectivity index (χ0n) is 17.7. The van der Waals surface area contributed by atoms with Gasteiger partial charge in [-0.05, 0) is 12.0 Å². The van der Waals surface area contributed by atoms with Crippen LogP contribution in [0.25, 0.3) is 0 Å². The van der Waals surface area contributed by atoms with Gasteiger partial charge in [0.1, 0.15) is 9.84 Å². The van der Waals surface area contributed by atoms with Crippen LogP contribution in [-0.2, 0) is 14.6 Å². The Kier molecular flexibility index (Phi) is 12.1. The van der Waals surface area contributed by atoms with E-state index in [0.29, 0.717) is 19.2 Å². The van der Waals surface area contributed by atoms with Crippen LogP contribution in [0.1, 0.15) is 24.9 Å². The molecule has 7 nitrogen and oxygen atoms in total. The summed E-state index contributed by atoms with van der Waals surface area (Å²) in [6, 6.07) is 11.2. The lowest BCUT2D eigenvalue weighted by molar-refractivity contribution is 0.125. The Bertz CT molecular complexity index is 708. The van der Waals surface area contributed by atoms with Crippen molar-refractivity contribution < 1.29 is 13.2 Å². The van der Waals surface area contributed by atoms with Crippen molar-refractivity contribution in [2.45, 2.75) is 19.4 Å². The fourth-order valence-corrected chi connectivity index (χ4v) is 3.93. The summed E-state index contributed by atoms with van der Waals surface area (Å²) < 4.78 is 27.6. The molecule has 1 fully saturated rings. The molecule has 1 saturated heterocycles. The largest absolute Gasteiger partial charge is 0.379 e. The molecule has 0 aromatic heterocycles. The second kappa shape index (κ2) is 13.4. The highest BCUT2D eigenvalue weighted by Crippen LogP contribution is 2.25. The topological polar surface area (TPSA) is 74.2 Å². The predicted octanol–water partition coefficient (Wildman–Crippen LogP) is 2.01. The van der Waals surface area contributed by atoms with Crippen molar-refractivity contribution in [2.75, 3.05) is 65.0 Å². The molecular weight excluding hydrogens is 503 g/mol. The maximum absolute atomic E-state index is 11.1. The van der Waals surface area contributed by atoms with Crippen LogP contribution in [0.5, 0.6) is 0 Å². The first-order valence-electron chi connectivity index (χ1n) is 9.94. The molecule has 1 aromatic rings. The van der Waals surface area contributed by atoms with Gasteiger partial charge in [-0.2, -0.15) is 0 Å². The molecule has 1 aliphatic rings. The molecule has 2 rings (SSSR count). The molecule has 0 aliphatic carbocycles. The van der Waals surface area contributed by atoms with Gasteiger partial charge in [-0.1, -0.05) is 37.3 Å². The average molecular weight is 538 g/mol. The molecule has 166 valence electrons. The van der Waals surface area contributed by atoms with Gasteiger partial charge in [-0.15, -0.1) is 24.0 Å². The second-order valence-electron chi connectivity index (χ2n) is 7.07. The van der Waals surface area contributed by atoms with Gasteiger partial charge < -0.3 is 15.0 Å². The van der Waals surface area contributed by atoms with E-state index in [0.717, 1.165) is 38.6 Å². The Morgan fingerprint density at radius 2 is 1.83 bits per heavy atom. The fourth-order valence-electron chi connectivity index (χ4n) is 3.50. The van der Waals surface area contributed by atoms with Gasteiger partial charge in [0.05, 0.1) is 19.0 Å². The van der Waals surface area contributed by atoms with Crippen molar-refractivity contribution in [1.29, 1.82) is 0 Å². The summed E-state index contributed by atoms with van der Waals surface area (Å²) in [5.41, 5.74) is 1.38. The molecule has 0 spiro atoms. The molecule has 1 aromatic carbocycles. The number of nitrogens with one attached hydrogen (secondary N) is 1. The lowest BCUT2D eigenvalue weighted by Gasteiger charge is -2.40. The van der Waals surface area contributed by atoms with E-state index < -0.39 is 9.84 Å². The number of ether oxygens (including phenoxy) is 1. The Hall–Kier alpha value is -0.910. The first kappa shape index (κ1) is 26.1. The predicted molar refractivity (Wildman–Crippen MR) is 130 cm³/mol. The van der Waals surface area contributed by atoms with Crippen LogP contribution in [0.4, 0.5) is 0 Å². The summed E-state index contributed by atoms with van der Waals surface area (Å²) in [6.07, 6.45) is 2.32. The highest BCUT2D eigenvalue weighted by molar-refractivity contribution is 14.0. The van der Waals surface area contributed by atoms with Crippen LogP contribution in [0.2, 0.25) is 0 Å². The van der Waals surface area contributed by atoms with E-state index in [4.69, 9.17) is 4.74 Å². The zero-order chi connectivity index (χ0) is 20.4. The van der Waals surface area contributed by atoms with Crippen molar-refractivity contribution in [3.63, 3.8) is 0 Å². The lowest BCUT2D eigenvalue weighted by Crippen LogP contribution is -2.53. The third-order valence-corrected chi connectivity index (χ3v) is 5.87. The maximum atomic E-state index is 11.1. The molecule has 1 aliphatic heterocycles. The van der Waals surface area contributed by atoms with Gasteiger partial charge in [0, 0.05) is 52.1 Å². The number of piperazine rings is 1. The van der Waals surface area contributed by atoms with E-state index in [1.54, 1.807) is 7.05 Å². The molecule has 1 heterocycles. The molecule has 0 radical (unpaired) electrons. The number of hydrogen-bond donors (Lipinski definition) is 1. The summed E-state index contributed by atoms with van der Waals surface area (Å²) in [6.45, 7) is 7.40. The van der Waals surface area contributed by atoms with Crippen molar-refractivity contribution >= 4 is 39.8 Å². The Morgan fingerprint density at radius 3 is 2.38 bits per heavy atom. The van der Waals surface area contributed by atoms with Gasteiger partial charge in [-0.3, -0.25) is 9.89 Å². The van der Waals surface area contributed by atoms with E-state index in [1.165, 1.54) is 11.8 Å². The average Bonchev–Trinajstić information content (AvgIpc) is 2.69. The summed E-state index contributed by atoms with van der Waals surface area (Å²) in [7, 11) is -1.18. The summed E-state index contributed by atoms with van der Waals surface area (Å²) in [5.74, 6) is 0.933. The lowest BCUT2D eigenvalue weighted by atomic mass is 10.0. The van der Waals surface area contributed by atoms with E-state index >= 15 is 0 Å². The quantitative estimate of drug-likeness (QED) is 0.225. The number of aliphatic imine (C=N–C) groups is 1. The van der Waals surface area contributed by atoms with E-state index in [2.05, 4.69) is 57.4 Å². The van der Waals surface area contributed by atoms with Gasteiger partial charge in [0.2, 0.25) is 0 Å². The normalized spacial score (nSPS) is 16.9. The summed E-state index contributed by atoms with van der Waals surface area (Å²) >= 11 is 0. The van der Waals surface area contributed by atoms with Crippen LogP contribution in [0.15, 0.2) is 35.3 Å². The van der Waals surface area contributed by atoms with Gasteiger partial charge in [0.25, 0.3) is 0 Å². The first-order valence-corrected chi connectivity index (χ1v) is 12.0. The molecular formula is C20H35IN4O3S. The van der Waals surface area contributed by atoms with Crippen LogP contribution in [-0.4, -0.2) is 89.2 Å². The summed E-state index contributed by atoms with van der Waals surface area (Å²) in [5, 5.41) is 3.31. The Labute approximate surface area is 192 Å². The number of nitrogens with zero attached hydrogens (tertiary/aromatic N) is 3. The van der Waals surface area contributed by atoms with Crippen LogP contribution < -0.4 is 5.32 Å². The fraction of sp³-hybridized carbons (Fsp3) is 0.650. The molecule has 0 bridgehead atoms. The molecule has 0 saturated carbocycles. The van der Waals surface area contributed by atoms with Crippen molar-refractivity contribution in [3.8, 4) is 0 Å². The highest BCUT2D eigenvalue weighted by atomic mass is 127. The van der Waals surface area contributed by atoms with Crippen LogP contribution in [0, 0.1) is 0 Å². The molecule has 29 heavy (non-hydrogen) atoms. The smallest absolute Gasteiger partial charge is 0.193 e. The SMILES string of the molecule is CCC(c1ccccc1)N1CCN(C(=NC)NCCOCCS(C)(=O)=O)CC1.I. The Balaban J connectivity index is 0.00000420. The number of sulfone groups is 1. The highest BCUT2D eigenvalue weighted by Gasteiger charge is 2.25. The van der Waals surface area contributed by atoms with Crippen molar-refractivity contribution in [1.82, 2.24) is 15.1 Å². The first-order chi connectivity index (χ1) is 13.4. The standard InChI is InChI=1S/C20H34N4O3S.HI/c1-4-19(18-8-6-5-7-9-18)23-11-13-24(14-12-23)20(21-2)22-10-15-27-16-17-28(3,25)26;/h5-9,19H,4,10-17H2,1-3H3,(H,21,22);1H. The van der Waals surface area contributed by atoms with Gasteiger partial charge in [-0.25, -0.2) is 8.42 Å². The molecule has 1 unspecified atom stereocenters. The zero-order valence-corrected chi connectivity index (χ0v) is 20.9. The van der Waals surface area contributed by atoms with Crippen molar-refractivity contribution in [2.24, 2.45) is 4.99 Å². The third kappa shape index (κ3) is 9.18. The third-order valence-electron chi connectivity index (χ3n) is 4.97. The van der Waals surface area contributed by atoms with Gasteiger partial charge in [0.15, 0.2) is 5.96 Å². The molecule has 1 atom stereocenters. The minimum Gasteiger partial charge on any atom is -0.379 e. The molecule has 1 N–H and O–H groups in total. The minimum absolute atomic E-state index is 0. The summed E-state index contributed by atoms with van der Waals surface area (Å²) in [4.78, 5) is 9.20. The second-order valence-corrected chi connectivity index (χ2v) is 9.33. The monoisotopic (exact) mass is 538 g/mol. The number of halogens is 1. The minimum atomic E-state index is -2.97. The van der Waals surface area contributed by atoms with Crippen LogP contribution >= 0.6 is 24.0 Å². The maximum Gasteiger partial charge on any atom is 0.193 e. The van der Waals surface area contributed by atoms with E-state index in [1.807, 2.05) is 0 Å². The molecule has 0 amide bonds. The molecule has 9 heteroatoms. The van der Waals surface area contributed by atoms with E-state index in [-0.39, 0.29) is 36.3 Å². The number of guanidine groups is 1. The number of rotatable bonds is 9. The van der Waals surface area contributed by atoms with Gasteiger partial charge >= 0.3 is 0 Å².